The molecular weight excluding hydrogens is 304 g/mol. The summed E-state index contributed by atoms with van der Waals surface area (Å²) in [5.74, 6) is 0.843. The number of hydrogen-bond donors (Lipinski definition) is 1. The smallest absolute Gasteiger partial charge is 0.268 e. The van der Waals surface area contributed by atoms with Crippen molar-refractivity contribution in [3.8, 4) is 0 Å². The largest absolute Gasteiger partial charge is 0.369 e. The van der Waals surface area contributed by atoms with Crippen molar-refractivity contribution in [2.45, 2.75) is 57.5 Å². The van der Waals surface area contributed by atoms with Crippen LogP contribution in [0.25, 0.3) is 0 Å². The van der Waals surface area contributed by atoms with Crippen LogP contribution < -0.4 is 15.8 Å². The highest BCUT2D eigenvalue weighted by atomic mass is 16.2. The lowest BCUT2D eigenvalue weighted by Gasteiger charge is -2.19. The molecular formula is C18H26N4O2. The molecule has 0 radical (unpaired) electrons. The topological polar surface area (TPSA) is 67.2 Å². The average Bonchev–Trinajstić information content (AvgIpc) is 3.03. The minimum atomic E-state index is -0.0294. The van der Waals surface area contributed by atoms with Gasteiger partial charge in [0.1, 0.15) is 0 Å². The van der Waals surface area contributed by atoms with Crippen LogP contribution in [0.5, 0.6) is 0 Å². The Labute approximate surface area is 142 Å². The maximum Gasteiger partial charge on any atom is 0.268 e. The van der Waals surface area contributed by atoms with Crippen LogP contribution in [0.15, 0.2) is 17.1 Å². The van der Waals surface area contributed by atoms with Crippen LogP contribution in [-0.4, -0.2) is 34.8 Å². The number of nitrogens with zero attached hydrogens (tertiary/aromatic N) is 3. The monoisotopic (exact) mass is 330 g/mol. The van der Waals surface area contributed by atoms with Gasteiger partial charge in [0, 0.05) is 31.7 Å². The lowest BCUT2D eigenvalue weighted by atomic mass is 10.1. The molecule has 6 nitrogen and oxygen atoms in total. The van der Waals surface area contributed by atoms with E-state index in [2.05, 4.69) is 15.3 Å². The molecule has 0 spiro atoms. The lowest BCUT2D eigenvalue weighted by molar-refractivity contribution is -0.125. The molecule has 0 bridgehead atoms. The van der Waals surface area contributed by atoms with Gasteiger partial charge in [0.2, 0.25) is 5.91 Å². The molecule has 1 aromatic heterocycles. The number of rotatable bonds is 5. The summed E-state index contributed by atoms with van der Waals surface area (Å²) in [4.78, 5) is 26.7. The molecule has 1 N–H and O–H groups in total. The molecule has 2 saturated carbocycles. The van der Waals surface area contributed by atoms with Gasteiger partial charge in [0.05, 0.1) is 17.8 Å². The van der Waals surface area contributed by atoms with Gasteiger partial charge in [-0.15, -0.1) is 0 Å². The first-order valence-corrected chi connectivity index (χ1v) is 9.31. The second-order valence-corrected chi connectivity index (χ2v) is 7.60. The zero-order valence-corrected chi connectivity index (χ0v) is 14.1. The average molecular weight is 330 g/mol. The molecule has 1 saturated heterocycles. The van der Waals surface area contributed by atoms with Crippen molar-refractivity contribution in [2.24, 2.45) is 11.8 Å². The van der Waals surface area contributed by atoms with Crippen molar-refractivity contribution in [1.29, 1.82) is 0 Å². The van der Waals surface area contributed by atoms with Gasteiger partial charge in [-0.25, -0.2) is 4.68 Å². The third-order valence-corrected chi connectivity index (χ3v) is 5.61. The van der Waals surface area contributed by atoms with E-state index in [0.717, 1.165) is 38.0 Å². The van der Waals surface area contributed by atoms with Crippen molar-refractivity contribution in [2.75, 3.05) is 18.0 Å². The summed E-state index contributed by atoms with van der Waals surface area (Å²) >= 11 is 0. The van der Waals surface area contributed by atoms with E-state index in [0.29, 0.717) is 18.5 Å². The number of carbonyl (C=O) groups excluding carboxylic acids is 1. The molecule has 1 atom stereocenters. The van der Waals surface area contributed by atoms with Crippen LogP contribution in [0.1, 0.15) is 44.9 Å². The first-order chi connectivity index (χ1) is 11.7. The fourth-order valence-electron chi connectivity index (χ4n) is 3.88. The summed E-state index contributed by atoms with van der Waals surface area (Å²) in [6.07, 6.45) is 9.73. The Hall–Kier alpha value is -1.85. The molecule has 24 heavy (non-hydrogen) atoms. The first-order valence-electron chi connectivity index (χ1n) is 9.31. The molecule has 2 aliphatic carbocycles. The van der Waals surface area contributed by atoms with E-state index in [1.165, 1.54) is 25.7 Å². The van der Waals surface area contributed by atoms with Crippen LogP contribution in [-0.2, 0) is 11.3 Å². The molecule has 6 heteroatoms. The Kier molecular flexibility index (Phi) is 4.29. The third-order valence-electron chi connectivity index (χ3n) is 5.61. The van der Waals surface area contributed by atoms with Crippen LogP contribution >= 0.6 is 0 Å². The van der Waals surface area contributed by atoms with Crippen LogP contribution in [0.2, 0.25) is 0 Å². The highest BCUT2D eigenvalue weighted by molar-refractivity contribution is 5.80. The van der Waals surface area contributed by atoms with Crippen molar-refractivity contribution in [3.05, 3.63) is 22.6 Å². The van der Waals surface area contributed by atoms with Crippen LogP contribution in [0.4, 0.5) is 5.69 Å². The molecule has 130 valence electrons. The van der Waals surface area contributed by atoms with Crippen molar-refractivity contribution in [3.63, 3.8) is 0 Å². The van der Waals surface area contributed by atoms with Crippen molar-refractivity contribution < 1.29 is 4.79 Å². The molecule has 0 aromatic carbocycles. The van der Waals surface area contributed by atoms with Gasteiger partial charge in [-0.3, -0.25) is 9.59 Å². The van der Waals surface area contributed by atoms with Crippen molar-refractivity contribution in [1.82, 2.24) is 15.1 Å². The highest BCUT2D eigenvalue weighted by Crippen LogP contribution is 2.30. The molecule has 2 heterocycles. The molecule has 3 aliphatic rings. The standard InChI is InChI=1S/C18H26N4O2/c23-17-9-16(10-19-22(17)11-13-5-6-13)21-8-7-14(12-21)18(24)20-15-3-1-2-4-15/h9-10,13-15H,1-8,11-12H2,(H,20,24). The summed E-state index contributed by atoms with van der Waals surface area (Å²) < 4.78 is 1.57. The predicted octanol–water partition coefficient (Wildman–Crippen LogP) is 1.54. The zero-order chi connectivity index (χ0) is 16.5. The van der Waals surface area contributed by atoms with E-state index in [9.17, 15) is 9.59 Å². The summed E-state index contributed by atoms with van der Waals surface area (Å²) in [6.45, 7) is 2.24. The number of aromatic nitrogens is 2. The number of nitrogens with one attached hydrogen (secondary N) is 1. The molecule has 1 amide bonds. The Morgan fingerprint density at radius 2 is 2.00 bits per heavy atom. The number of amides is 1. The third kappa shape index (κ3) is 3.47. The molecule has 3 fully saturated rings. The van der Waals surface area contributed by atoms with E-state index < -0.39 is 0 Å². The maximum atomic E-state index is 12.4. The van der Waals surface area contributed by atoms with E-state index >= 15 is 0 Å². The summed E-state index contributed by atoms with van der Waals surface area (Å²) in [6, 6.07) is 2.05. The van der Waals surface area contributed by atoms with E-state index in [4.69, 9.17) is 0 Å². The van der Waals surface area contributed by atoms with Crippen LogP contribution in [0.3, 0.4) is 0 Å². The SMILES string of the molecule is O=C(NC1CCCC1)C1CCN(c2cnn(CC3CC3)c(=O)c2)C1. The van der Waals surface area contributed by atoms with E-state index in [1.54, 1.807) is 16.9 Å². The molecule has 4 rings (SSSR count). The Morgan fingerprint density at radius 3 is 2.71 bits per heavy atom. The summed E-state index contributed by atoms with van der Waals surface area (Å²) in [5.41, 5.74) is 0.821. The van der Waals surface area contributed by atoms with Gasteiger partial charge < -0.3 is 10.2 Å². The Bertz CT molecular complexity index is 661. The summed E-state index contributed by atoms with van der Waals surface area (Å²) in [7, 11) is 0. The predicted molar refractivity (Wildman–Crippen MR) is 91.9 cm³/mol. The van der Waals surface area contributed by atoms with Gasteiger partial charge in [-0.2, -0.15) is 5.10 Å². The fraction of sp³-hybridized carbons (Fsp3) is 0.722. The zero-order valence-electron chi connectivity index (χ0n) is 14.1. The fourth-order valence-corrected chi connectivity index (χ4v) is 3.88. The molecule has 1 aromatic rings. The van der Waals surface area contributed by atoms with Crippen molar-refractivity contribution >= 4 is 11.6 Å². The van der Waals surface area contributed by atoms with E-state index in [-0.39, 0.29) is 17.4 Å². The highest BCUT2D eigenvalue weighted by Gasteiger charge is 2.31. The number of anilines is 1. The lowest BCUT2D eigenvalue weighted by Crippen LogP contribution is -2.38. The molecule has 1 aliphatic heterocycles. The minimum Gasteiger partial charge on any atom is -0.369 e. The van der Waals surface area contributed by atoms with Gasteiger partial charge in [0.25, 0.3) is 5.56 Å². The summed E-state index contributed by atoms with van der Waals surface area (Å²) in [5, 5.41) is 7.51. The second-order valence-electron chi connectivity index (χ2n) is 7.60. The van der Waals surface area contributed by atoms with Gasteiger partial charge >= 0.3 is 0 Å². The first kappa shape index (κ1) is 15.7. The van der Waals surface area contributed by atoms with Gasteiger partial charge in [-0.1, -0.05) is 12.8 Å². The number of carbonyl (C=O) groups is 1. The Morgan fingerprint density at radius 1 is 1.21 bits per heavy atom. The molecule has 1 unspecified atom stereocenters. The maximum absolute atomic E-state index is 12.4. The quantitative estimate of drug-likeness (QED) is 0.889. The van der Waals surface area contributed by atoms with E-state index in [1.807, 2.05) is 0 Å². The Balaban J connectivity index is 1.36. The van der Waals surface area contributed by atoms with Gasteiger partial charge in [-0.05, 0) is 38.0 Å². The number of hydrogen-bond acceptors (Lipinski definition) is 4. The van der Waals surface area contributed by atoms with Crippen LogP contribution in [0, 0.1) is 11.8 Å². The van der Waals surface area contributed by atoms with Gasteiger partial charge in [0.15, 0.2) is 0 Å². The minimum absolute atomic E-state index is 0.0273. The normalized spacial score (nSPS) is 24.5. The second kappa shape index (κ2) is 6.57.